The first-order chi connectivity index (χ1) is 26.5. The topological polar surface area (TPSA) is 92.7 Å². The van der Waals surface area contributed by atoms with E-state index in [1.54, 1.807) is 0 Å². The lowest BCUT2D eigenvalue weighted by atomic mass is 10.0. The predicted molar refractivity (Wildman–Crippen MR) is 231 cm³/mol. The van der Waals surface area contributed by atoms with Gasteiger partial charge in [0.05, 0.1) is 0 Å². The Bertz CT molecular complexity index is 1100. The van der Waals surface area contributed by atoms with Gasteiger partial charge in [-0.1, -0.05) is 150 Å². The summed E-state index contributed by atoms with van der Waals surface area (Å²) in [6, 6.07) is 0. The second-order valence-corrected chi connectivity index (χ2v) is 14.2. The molecule has 1 amide bonds. The van der Waals surface area contributed by atoms with Crippen molar-refractivity contribution in [3.8, 4) is 0 Å². The Morgan fingerprint density at radius 3 is 1.44 bits per heavy atom. The highest BCUT2D eigenvalue weighted by molar-refractivity contribution is 5.80. The molecule has 0 saturated carbocycles. The van der Waals surface area contributed by atoms with Crippen LogP contribution in [0.1, 0.15) is 187 Å². The first-order valence-corrected chi connectivity index (χ1v) is 21.7. The molecule has 1 atom stereocenters. The van der Waals surface area contributed by atoms with Crippen molar-refractivity contribution < 1.29 is 24.2 Å². The van der Waals surface area contributed by atoms with E-state index in [4.69, 9.17) is 9.84 Å². The quantitative estimate of drug-likeness (QED) is 0.0372. The molecular formula is C48H79NO5. The van der Waals surface area contributed by atoms with Crippen LogP contribution in [-0.2, 0) is 19.1 Å². The minimum atomic E-state index is -1.03. The van der Waals surface area contributed by atoms with Gasteiger partial charge in [0, 0.05) is 12.8 Å². The number of ether oxygens (including phenoxy) is 1. The first-order valence-electron chi connectivity index (χ1n) is 21.7. The van der Waals surface area contributed by atoms with Crippen molar-refractivity contribution in [1.82, 2.24) is 5.32 Å². The molecule has 306 valence electrons. The van der Waals surface area contributed by atoms with Crippen molar-refractivity contribution in [1.29, 1.82) is 0 Å². The smallest absolute Gasteiger partial charge is 0.322 e. The number of carbonyl (C=O) groups excluding carboxylic acids is 2. The molecule has 0 aliphatic carbocycles. The van der Waals surface area contributed by atoms with Crippen molar-refractivity contribution in [2.45, 2.75) is 193 Å². The number of esters is 1. The van der Waals surface area contributed by atoms with Gasteiger partial charge < -0.3 is 15.2 Å². The second-order valence-electron chi connectivity index (χ2n) is 14.2. The van der Waals surface area contributed by atoms with Crippen LogP contribution in [0.4, 0.5) is 0 Å². The summed E-state index contributed by atoms with van der Waals surface area (Å²) in [5.41, 5.74) is 0. The van der Waals surface area contributed by atoms with E-state index < -0.39 is 5.97 Å². The van der Waals surface area contributed by atoms with Crippen LogP contribution in [0.25, 0.3) is 0 Å². The SMILES string of the molecule is CC/C=C\C/C=C\C/C=C\C/C=C\C/C=C\CCCC(=O)OC(CCCCC/C=C\C/C=C\CCCCCCC)CCCCCCCC(=O)NCC(=O)O. The molecule has 2 N–H and O–H groups in total. The molecule has 0 aliphatic heterocycles. The number of carbonyl (C=O) groups is 3. The fraction of sp³-hybridized carbons (Fsp3) is 0.646. The van der Waals surface area contributed by atoms with Gasteiger partial charge in [-0.25, -0.2) is 0 Å². The predicted octanol–water partition coefficient (Wildman–Crippen LogP) is 13.6. The third kappa shape index (κ3) is 41.3. The summed E-state index contributed by atoms with van der Waals surface area (Å²) in [6.45, 7) is 4.08. The van der Waals surface area contributed by atoms with Crippen LogP contribution in [-0.4, -0.2) is 35.6 Å². The maximum Gasteiger partial charge on any atom is 0.322 e. The summed E-state index contributed by atoms with van der Waals surface area (Å²) in [7, 11) is 0. The number of aliphatic carboxylic acids is 1. The van der Waals surface area contributed by atoms with E-state index in [0.29, 0.717) is 12.8 Å². The van der Waals surface area contributed by atoms with E-state index in [1.807, 2.05) is 0 Å². The lowest BCUT2D eigenvalue weighted by molar-refractivity contribution is -0.150. The van der Waals surface area contributed by atoms with Gasteiger partial charge in [-0.15, -0.1) is 0 Å². The van der Waals surface area contributed by atoms with Gasteiger partial charge in [0.2, 0.25) is 5.91 Å². The number of hydrogen-bond acceptors (Lipinski definition) is 4. The molecule has 0 bridgehead atoms. The van der Waals surface area contributed by atoms with Gasteiger partial charge in [0.1, 0.15) is 12.6 Å². The van der Waals surface area contributed by atoms with Crippen molar-refractivity contribution in [2.24, 2.45) is 0 Å². The van der Waals surface area contributed by atoms with E-state index >= 15 is 0 Å². The normalized spacial score (nSPS) is 12.9. The van der Waals surface area contributed by atoms with Gasteiger partial charge in [-0.05, 0) is 109 Å². The van der Waals surface area contributed by atoms with Crippen molar-refractivity contribution in [2.75, 3.05) is 6.54 Å². The molecule has 0 aromatic heterocycles. The Hall–Kier alpha value is -3.41. The Kier molecular flexibility index (Phi) is 39.7. The monoisotopic (exact) mass is 750 g/mol. The van der Waals surface area contributed by atoms with Crippen LogP contribution in [0.15, 0.2) is 85.1 Å². The maximum absolute atomic E-state index is 12.7. The molecule has 0 spiro atoms. The number of unbranched alkanes of at least 4 members (excludes halogenated alkanes) is 13. The number of amides is 1. The molecule has 0 rings (SSSR count). The summed E-state index contributed by atoms with van der Waals surface area (Å²) >= 11 is 0. The Labute approximate surface area is 331 Å². The highest BCUT2D eigenvalue weighted by Gasteiger charge is 2.14. The summed E-state index contributed by atoms with van der Waals surface area (Å²) in [5.74, 6) is -1.32. The molecular weight excluding hydrogens is 671 g/mol. The third-order valence-electron chi connectivity index (χ3n) is 9.05. The van der Waals surface area contributed by atoms with Gasteiger partial charge in [0.15, 0.2) is 0 Å². The molecule has 6 nitrogen and oxygen atoms in total. The van der Waals surface area contributed by atoms with Gasteiger partial charge in [-0.3, -0.25) is 14.4 Å². The fourth-order valence-electron chi connectivity index (χ4n) is 5.87. The van der Waals surface area contributed by atoms with Gasteiger partial charge in [-0.2, -0.15) is 0 Å². The molecule has 0 saturated heterocycles. The van der Waals surface area contributed by atoms with Gasteiger partial charge in [0.25, 0.3) is 0 Å². The number of carboxylic acid groups (broad SMARTS) is 1. The maximum atomic E-state index is 12.7. The van der Waals surface area contributed by atoms with Crippen LogP contribution in [0, 0.1) is 0 Å². The summed E-state index contributed by atoms with van der Waals surface area (Å²) in [6.07, 6.45) is 58.4. The minimum absolute atomic E-state index is 0.0318. The van der Waals surface area contributed by atoms with Crippen molar-refractivity contribution >= 4 is 17.8 Å². The average molecular weight is 750 g/mol. The Balaban J connectivity index is 4.37. The van der Waals surface area contributed by atoms with Crippen LogP contribution in [0.5, 0.6) is 0 Å². The fourth-order valence-corrected chi connectivity index (χ4v) is 5.87. The first kappa shape index (κ1) is 50.6. The van der Waals surface area contributed by atoms with E-state index in [1.165, 1.54) is 38.5 Å². The second kappa shape index (κ2) is 42.3. The van der Waals surface area contributed by atoms with E-state index in [-0.39, 0.29) is 24.5 Å². The highest BCUT2D eigenvalue weighted by atomic mass is 16.5. The lowest BCUT2D eigenvalue weighted by Crippen LogP contribution is -2.28. The summed E-state index contributed by atoms with van der Waals surface area (Å²) in [4.78, 5) is 35.0. The largest absolute Gasteiger partial charge is 0.480 e. The summed E-state index contributed by atoms with van der Waals surface area (Å²) < 4.78 is 5.99. The molecule has 0 aromatic rings. The molecule has 0 fully saturated rings. The van der Waals surface area contributed by atoms with Crippen molar-refractivity contribution in [3.63, 3.8) is 0 Å². The zero-order valence-electron chi connectivity index (χ0n) is 34.5. The lowest BCUT2D eigenvalue weighted by Gasteiger charge is -2.18. The third-order valence-corrected chi connectivity index (χ3v) is 9.05. The number of nitrogens with one attached hydrogen (secondary N) is 1. The number of carboxylic acids is 1. The van der Waals surface area contributed by atoms with E-state index in [9.17, 15) is 14.4 Å². The zero-order chi connectivity index (χ0) is 39.4. The minimum Gasteiger partial charge on any atom is -0.480 e. The molecule has 54 heavy (non-hydrogen) atoms. The number of rotatable bonds is 38. The number of allylic oxidation sites excluding steroid dienone is 14. The highest BCUT2D eigenvalue weighted by Crippen LogP contribution is 2.18. The number of hydrogen-bond donors (Lipinski definition) is 2. The Morgan fingerprint density at radius 1 is 0.500 bits per heavy atom. The molecule has 0 aromatic carbocycles. The standard InChI is InChI=1S/C48H79NO5/c1-3-5-7-9-11-13-15-17-19-20-22-24-26-28-30-35-39-43-48(53)54-45(41-37-33-31-34-38-42-46(50)49-44-47(51)52)40-36-32-29-27-25-23-21-18-16-14-12-10-8-6-4-2/h5,7,11,13,16-19,22-25,28,30,45H,3-4,6,8-10,12,14-15,20-21,26-27,29,31-44H2,1-2H3,(H,49,50)(H,51,52)/b7-5-,13-11-,18-16-,19-17-,24-22-,25-23-,30-28-. The van der Waals surface area contributed by atoms with Crippen LogP contribution < -0.4 is 5.32 Å². The van der Waals surface area contributed by atoms with Crippen LogP contribution in [0.3, 0.4) is 0 Å². The Morgan fingerprint density at radius 2 is 0.926 bits per heavy atom. The van der Waals surface area contributed by atoms with Crippen molar-refractivity contribution in [3.05, 3.63) is 85.1 Å². The van der Waals surface area contributed by atoms with Crippen LogP contribution >= 0.6 is 0 Å². The molecule has 0 radical (unpaired) electrons. The summed E-state index contributed by atoms with van der Waals surface area (Å²) in [5, 5.41) is 11.1. The average Bonchev–Trinajstić information content (AvgIpc) is 3.16. The van der Waals surface area contributed by atoms with Gasteiger partial charge >= 0.3 is 11.9 Å². The van der Waals surface area contributed by atoms with Crippen LogP contribution in [0.2, 0.25) is 0 Å². The zero-order valence-corrected chi connectivity index (χ0v) is 34.5. The van der Waals surface area contributed by atoms with E-state index in [2.05, 4.69) is 104 Å². The molecule has 6 heteroatoms. The molecule has 0 aliphatic rings. The molecule has 0 heterocycles. The van der Waals surface area contributed by atoms with E-state index in [0.717, 1.165) is 122 Å². The molecule has 1 unspecified atom stereocenters.